The van der Waals surface area contributed by atoms with Gasteiger partial charge < -0.3 is 10.6 Å². The Balaban J connectivity index is 2.97. The molecule has 0 amide bonds. The SMILES string of the molecule is CNc1cc(NC(C)CS(C)=O)nc(C(F)(F)F)n1. The minimum atomic E-state index is -4.61. The standard InChI is InChI=1S/C10H15F3N4OS/c1-6(5-19(3)18)15-8-4-7(14-2)16-9(17-8)10(11,12)13/h4,6H,5H2,1-3H3,(H2,14,15,16,17). The van der Waals surface area contributed by atoms with Gasteiger partial charge in [0.05, 0.1) is 0 Å². The van der Waals surface area contributed by atoms with Gasteiger partial charge in [0, 0.05) is 42.0 Å². The van der Waals surface area contributed by atoms with Crippen LogP contribution in [-0.2, 0) is 17.0 Å². The summed E-state index contributed by atoms with van der Waals surface area (Å²) in [6.45, 7) is 1.72. The van der Waals surface area contributed by atoms with Gasteiger partial charge in [0.2, 0.25) is 5.82 Å². The van der Waals surface area contributed by atoms with E-state index in [4.69, 9.17) is 0 Å². The summed E-state index contributed by atoms with van der Waals surface area (Å²) in [5, 5.41) is 5.32. The Morgan fingerprint density at radius 3 is 2.42 bits per heavy atom. The lowest BCUT2D eigenvalue weighted by atomic mass is 10.3. The van der Waals surface area contributed by atoms with Gasteiger partial charge >= 0.3 is 6.18 Å². The fourth-order valence-corrected chi connectivity index (χ4v) is 2.21. The molecule has 2 atom stereocenters. The Labute approximate surface area is 111 Å². The Bertz CT molecular complexity index is 467. The molecule has 1 heterocycles. The molecule has 108 valence electrons. The first-order valence-electron chi connectivity index (χ1n) is 5.43. The van der Waals surface area contributed by atoms with Crippen LogP contribution in [0.15, 0.2) is 6.07 Å². The highest BCUT2D eigenvalue weighted by Gasteiger charge is 2.35. The third-order valence-corrected chi connectivity index (χ3v) is 3.08. The summed E-state index contributed by atoms with van der Waals surface area (Å²) < 4.78 is 48.8. The Hall–Kier alpha value is -1.38. The molecule has 0 radical (unpaired) electrons. The molecule has 2 N–H and O–H groups in total. The molecule has 0 bridgehead atoms. The predicted octanol–water partition coefficient (Wildman–Crippen LogP) is 1.72. The maximum Gasteiger partial charge on any atom is 0.451 e. The van der Waals surface area contributed by atoms with Crippen LogP contribution in [0.25, 0.3) is 0 Å². The highest BCUT2D eigenvalue weighted by molar-refractivity contribution is 7.84. The molecule has 1 rings (SSSR count). The van der Waals surface area contributed by atoms with Crippen LogP contribution in [0.2, 0.25) is 0 Å². The van der Waals surface area contributed by atoms with Crippen molar-refractivity contribution in [3.8, 4) is 0 Å². The number of halogens is 3. The first kappa shape index (κ1) is 15.7. The number of nitrogens with one attached hydrogen (secondary N) is 2. The Morgan fingerprint density at radius 1 is 1.37 bits per heavy atom. The zero-order valence-electron chi connectivity index (χ0n) is 10.7. The second-order valence-electron chi connectivity index (χ2n) is 4.00. The van der Waals surface area contributed by atoms with Crippen LogP contribution in [0.4, 0.5) is 24.8 Å². The van der Waals surface area contributed by atoms with E-state index in [1.165, 1.54) is 19.4 Å². The second-order valence-corrected chi connectivity index (χ2v) is 5.47. The number of hydrogen-bond donors (Lipinski definition) is 2. The summed E-state index contributed by atoms with van der Waals surface area (Å²) >= 11 is 0. The topological polar surface area (TPSA) is 66.9 Å². The molecule has 0 aliphatic rings. The van der Waals surface area contributed by atoms with Crippen molar-refractivity contribution < 1.29 is 17.4 Å². The quantitative estimate of drug-likeness (QED) is 0.866. The molecule has 5 nitrogen and oxygen atoms in total. The molecule has 9 heteroatoms. The van der Waals surface area contributed by atoms with Crippen molar-refractivity contribution in [1.29, 1.82) is 0 Å². The zero-order chi connectivity index (χ0) is 14.6. The number of aromatic nitrogens is 2. The molecule has 0 aliphatic heterocycles. The monoisotopic (exact) mass is 296 g/mol. The number of nitrogens with zero attached hydrogens (tertiary/aromatic N) is 2. The normalized spacial score (nSPS) is 14.8. The largest absolute Gasteiger partial charge is 0.451 e. The Kier molecular flexibility index (Phi) is 5.10. The third kappa shape index (κ3) is 5.01. The van der Waals surface area contributed by atoms with Gasteiger partial charge in [-0.05, 0) is 6.92 Å². The number of hydrogen-bond acceptors (Lipinski definition) is 5. The highest BCUT2D eigenvalue weighted by Crippen LogP contribution is 2.28. The van der Waals surface area contributed by atoms with Crippen LogP contribution in [0.3, 0.4) is 0 Å². The number of rotatable bonds is 5. The van der Waals surface area contributed by atoms with Crippen LogP contribution >= 0.6 is 0 Å². The minimum Gasteiger partial charge on any atom is -0.373 e. The summed E-state index contributed by atoms with van der Waals surface area (Å²) in [4.78, 5) is 6.76. The van der Waals surface area contributed by atoms with Gasteiger partial charge in [0.15, 0.2) is 0 Å². The maximum atomic E-state index is 12.6. The first-order chi connectivity index (χ1) is 8.72. The molecule has 19 heavy (non-hydrogen) atoms. The average Bonchev–Trinajstić information content (AvgIpc) is 2.25. The van der Waals surface area contributed by atoms with Crippen molar-refractivity contribution >= 4 is 22.4 Å². The molecule has 0 aromatic carbocycles. The van der Waals surface area contributed by atoms with Gasteiger partial charge in [0.25, 0.3) is 0 Å². The zero-order valence-corrected chi connectivity index (χ0v) is 11.5. The van der Waals surface area contributed by atoms with Crippen molar-refractivity contribution in [1.82, 2.24) is 9.97 Å². The van der Waals surface area contributed by atoms with Crippen LogP contribution in [0.5, 0.6) is 0 Å². The second kappa shape index (κ2) is 6.18. The van der Waals surface area contributed by atoms with E-state index in [0.29, 0.717) is 5.75 Å². The lowest BCUT2D eigenvalue weighted by Gasteiger charge is -2.15. The van der Waals surface area contributed by atoms with Crippen molar-refractivity contribution in [3.05, 3.63) is 11.9 Å². The van der Waals surface area contributed by atoms with E-state index in [0.717, 1.165) is 0 Å². The summed E-state index contributed by atoms with van der Waals surface area (Å²) in [5.74, 6) is -0.786. The third-order valence-electron chi connectivity index (χ3n) is 2.11. The van der Waals surface area contributed by atoms with E-state index in [-0.39, 0.29) is 17.7 Å². The lowest BCUT2D eigenvalue weighted by Crippen LogP contribution is -2.24. The van der Waals surface area contributed by atoms with E-state index in [1.807, 2.05) is 0 Å². The maximum absolute atomic E-state index is 12.6. The van der Waals surface area contributed by atoms with Crippen LogP contribution < -0.4 is 10.6 Å². The predicted molar refractivity (Wildman–Crippen MR) is 68.6 cm³/mol. The summed E-state index contributed by atoms with van der Waals surface area (Å²) in [6.07, 6.45) is -3.08. The molecule has 0 saturated heterocycles. The van der Waals surface area contributed by atoms with E-state index in [9.17, 15) is 17.4 Å². The van der Waals surface area contributed by atoms with E-state index in [2.05, 4.69) is 20.6 Å². The molecule has 1 aromatic rings. The van der Waals surface area contributed by atoms with Crippen molar-refractivity contribution in [3.63, 3.8) is 0 Å². The molecule has 0 fully saturated rings. The number of anilines is 2. The van der Waals surface area contributed by atoms with E-state index >= 15 is 0 Å². The molecule has 0 spiro atoms. The summed E-state index contributed by atoms with van der Waals surface area (Å²) in [6, 6.07) is 1.11. The summed E-state index contributed by atoms with van der Waals surface area (Å²) in [7, 11) is 0.426. The van der Waals surface area contributed by atoms with Gasteiger partial charge in [-0.15, -0.1) is 0 Å². The van der Waals surface area contributed by atoms with Crippen LogP contribution in [0.1, 0.15) is 12.7 Å². The molecule has 1 aromatic heterocycles. The van der Waals surface area contributed by atoms with E-state index in [1.54, 1.807) is 6.92 Å². The molecular weight excluding hydrogens is 281 g/mol. The molecule has 2 unspecified atom stereocenters. The first-order valence-corrected chi connectivity index (χ1v) is 7.15. The van der Waals surface area contributed by atoms with Gasteiger partial charge in [-0.25, -0.2) is 9.97 Å². The summed E-state index contributed by atoms with van der Waals surface area (Å²) in [5.41, 5.74) is 0. The van der Waals surface area contributed by atoms with Crippen molar-refractivity contribution in [2.24, 2.45) is 0 Å². The fourth-order valence-electron chi connectivity index (χ4n) is 1.42. The molecular formula is C10H15F3N4OS. The van der Waals surface area contributed by atoms with Gasteiger partial charge in [-0.3, -0.25) is 4.21 Å². The van der Waals surface area contributed by atoms with Crippen molar-refractivity contribution in [2.45, 2.75) is 19.1 Å². The Morgan fingerprint density at radius 2 is 1.95 bits per heavy atom. The van der Waals surface area contributed by atoms with Crippen LogP contribution in [-0.4, -0.2) is 39.3 Å². The fraction of sp³-hybridized carbons (Fsp3) is 0.600. The minimum absolute atomic E-state index is 0.0459. The average molecular weight is 296 g/mol. The van der Waals surface area contributed by atoms with Crippen molar-refractivity contribution in [2.75, 3.05) is 29.7 Å². The highest BCUT2D eigenvalue weighted by atomic mass is 32.2. The lowest BCUT2D eigenvalue weighted by molar-refractivity contribution is -0.144. The van der Waals surface area contributed by atoms with Gasteiger partial charge in [-0.1, -0.05) is 0 Å². The molecule has 0 aliphatic carbocycles. The van der Waals surface area contributed by atoms with Gasteiger partial charge in [0.1, 0.15) is 11.6 Å². The number of alkyl halides is 3. The van der Waals surface area contributed by atoms with E-state index < -0.39 is 22.8 Å². The van der Waals surface area contributed by atoms with Crippen LogP contribution in [0, 0.1) is 0 Å². The smallest absolute Gasteiger partial charge is 0.373 e. The molecule has 0 saturated carbocycles. The van der Waals surface area contributed by atoms with Gasteiger partial charge in [-0.2, -0.15) is 13.2 Å².